The lowest BCUT2D eigenvalue weighted by Gasteiger charge is -2.17. The van der Waals surface area contributed by atoms with Crippen molar-refractivity contribution in [2.45, 2.75) is 25.7 Å². The van der Waals surface area contributed by atoms with Gasteiger partial charge in [0.15, 0.2) is 0 Å². The average molecular weight is 260 g/mol. The van der Waals surface area contributed by atoms with Gasteiger partial charge in [-0.25, -0.2) is 0 Å². The number of halogens is 1. The van der Waals surface area contributed by atoms with Crippen molar-refractivity contribution in [1.82, 2.24) is 4.90 Å². The van der Waals surface area contributed by atoms with Crippen LogP contribution >= 0.6 is 15.9 Å². The summed E-state index contributed by atoms with van der Waals surface area (Å²) in [6, 6.07) is 0. The Balaban J connectivity index is 1.78. The van der Waals surface area contributed by atoms with Crippen molar-refractivity contribution < 1.29 is 4.79 Å². The van der Waals surface area contributed by atoms with Crippen LogP contribution in [0.5, 0.6) is 0 Å². The quantitative estimate of drug-likeness (QED) is 0.710. The highest BCUT2D eigenvalue weighted by atomic mass is 79.9. The molecule has 0 bridgehead atoms. The summed E-state index contributed by atoms with van der Waals surface area (Å²) in [5.74, 6) is 2.33. The topological polar surface area (TPSA) is 20.3 Å². The van der Waals surface area contributed by atoms with Crippen LogP contribution in [0.3, 0.4) is 0 Å². The van der Waals surface area contributed by atoms with Gasteiger partial charge in [-0.05, 0) is 31.1 Å². The third-order valence-corrected chi connectivity index (χ3v) is 4.26. The first-order chi connectivity index (χ1) is 6.75. The molecular weight excluding hydrogens is 242 g/mol. The van der Waals surface area contributed by atoms with Crippen molar-refractivity contribution in [1.29, 1.82) is 0 Å². The highest BCUT2D eigenvalue weighted by molar-refractivity contribution is 9.09. The minimum absolute atomic E-state index is 0.403. The number of hydrogen-bond acceptors (Lipinski definition) is 1. The lowest BCUT2D eigenvalue weighted by Crippen LogP contribution is -2.30. The molecule has 0 N–H and O–H groups in total. The van der Waals surface area contributed by atoms with Crippen LogP contribution in [0, 0.1) is 17.8 Å². The Kier molecular flexibility index (Phi) is 3.15. The number of rotatable bonds is 4. The molecule has 2 atom stereocenters. The van der Waals surface area contributed by atoms with Gasteiger partial charge < -0.3 is 4.90 Å². The third-order valence-electron chi connectivity index (χ3n) is 3.70. The minimum Gasteiger partial charge on any atom is -0.345 e. The molecule has 2 rings (SSSR count). The van der Waals surface area contributed by atoms with Crippen LogP contribution in [0.25, 0.3) is 0 Å². The number of amides is 1. The van der Waals surface area contributed by atoms with Crippen LogP contribution < -0.4 is 0 Å². The molecule has 2 aliphatic carbocycles. The summed E-state index contributed by atoms with van der Waals surface area (Å²) in [7, 11) is 1.94. The molecule has 2 fully saturated rings. The van der Waals surface area contributed by atoms with E-state index in [4.69, 9.17) is 0 Å². The van der Waals surface area contributed by atoms with Gasteiger partial charge >= 0.3 is 0 Å². The Labute approximate surface area is 94.2 Å². The molecule has 0 aliphatic heterocycles. The summed E-state index contributed by atoms with van der Waals surface area (Å²) in [4.78, 5) is 13.9. The van der Waals surface area contributed by atoms with E-state index in [9.17, 15) is 4.79 Å². The van der Waals surface area contributed by atoms with Crippen molar-refractivity contribution in [2.75, 3.05) is 18.9 Å². The van der Waals surface area contributed by atoms with E-state index in [0.29, 0.717) is 11.8 Å². The number of fused-ring (bicyclic) bond motifs is 1. The molecule has 0 aromatic heterocycles. The highest BCUT2D eigenvalue weighted by Gasteiger charge is 2.57. The van der Waals surface area contributed by atoms with Gasteiger partial charge in [0.05, 0.1) is 0 Å². The van der Waals surface area contributed by atoms with E-state index in [1.165, 1.54) is 19.3 Å². The van der Waals surface area contributed by atoms with Crippen LogP contribution in [-0.2, 0) is 4.79 Å². The van der Waals surface area contributed by atoms with Gasteiger partial charge in [0.2, 0.25) is 5.91 Å². The van der Waals surface area contributed by atoms with Gasteiger partial charge in [0, 0.05) is 24.8 Å². The molecule has 2 saturated carbocycles. The first-order valence-electron chi connectivity index (χ1n) is 5.56. The van der Waals surface area contributed by atoms with E-state index in [1.54, 1.807) is 0 Å². The van der Waals surface area contributed by atoms with E-state index >= 15 is 0 Å². The molecule has 1 amide bonds. The normalized spacial score (nSPS) is 34.0. The SMILES string of the molecule is CN(CCCBr)C(=O)C1C2CCCC21. The average Bonchev–Trinajstić information content (AvgIpc) is 2.66. The fourth-order valence-corrected chi connectivity index (χ4v) is 3.10. The molecule has 0 radical (unpaired) electrons. The van der Waals surface area contributed by atoms with Crippen LogP contribution in [-0.4, -0.2) is 29.7 Å². The Morgan fingerprint density at radius 1 is 1.43 bits per heavy atom. The van der Waals surface area contributed by atoms with Gasteiger partial charge in [-0.2, -0.15) is 0 Å². The van der Waals surface area contributed by atoms with Crippen molar-refractivity contribution in [3.8, 4) is 0 Å². The number of carbonyl (C=O) groups is 1. The van der Waals surface area contributed by atoms with E-state index < -0.39 is 0 Å². The third kappa shape index (κ3) is 1.83. The Hall–Kier alpha value is -0.0500. The van der Waals surface area contributed by atoms with Crippen LogP contribution in [0.2, 0.25) is 0 Å². The van der Waals surface area contributed by atoms with Gasteiger partial charge in [0.1, 0.15) is 0 Å². The zero-order valence-electron chi connectivity index (χ0n) is 8.71. The molecule has 0 aromatic carbocycles. The van der Waals surface area contributed by atoms with E-state index in [1.807, 2.05) is 11.9 Å². The molecule has 2 unspecified atom stereocenters. The fourth-order valence-electron chi connectivity index (χ4n) is 2.85. The Morgan fingerprint density at radius 2 is 2.07 bits per heavy atom. The molecule has 2 aliphatic rings. The molecule has 0 aromatic rings. The van der Waals surface area contributed by atoms with Crippen LogP contribution in [0.15, 0.2) is 0 Å². The number of nitrogens with zero attached hydrogens (tertiary/aromatic N) is 1. The molecule has 2 nitrogen and oxygen atoms in total. The number of carbonyl (C=O) groups excluding carboxylic acids is 1. The van der Waals surface area contributed by atoms with Crippen molar-refractivity contribution in [3.63, 3.8) is 0 Å². The number of alkyl halides is 1. The predicted octanol–water partition coefficient (Wildman–Crippen LogP) is 2.28. The Bertz CT molecular complexity index is 221. The summed E-state index contributed by atoms with van der Waals surface area (Å²) in [5.41, 5.74) is 0. The summed E-state index contributed by atoms with van der Waals surface area (Å²) in [6.45, 7) is 0.903. The smallest absolute Gasteiger partial charge is 0.226 e. The second-order valence-corrected chi connectivity index (χ2v) is 5.38. The summed E-state index contributed by atoms with van der Waals surface area (Å²) >= 11 is 3.39. The zero-order chi connectivity index (χ0) is 10.1. The molecule has 0 spiro atoms. The van der Waals surface area contributed by atoms with E-state index in [0.717, 1.165) is 30.1 Å². The summed E-state index contributed by atoms with van der Waals surface area (Å²) < 4.78 is 0. The van der Waals surface area contributed by atoms with Crippen LogP contribution in [0.1, 0.15) is 25.7 Å². The monoisotopic (exact) mass is 259 g/mol. The Morgan fingerprint density at radius 3 is 2.64 bits per heavy atom. The molecule has 0 saturated heterocycles. The predicted molar refractivity (Wildman–Crippen MR) is 60.4 cm³/mol. The van der Waals surface area contributed by atoms with Crippen molar-refractivity contribution in [3.05, 3.63) is 0 Å². The minimum atomic E-state index is 0.403. The number of hydrogen-bond donors (Lipinski definition) is 0. The molecule has 80 valence electrons. The van der Waals surface area contributed by atoms with Crippen molar-refractivity contribution >= 4 is 21.8 Å². The maximum Gasteiger partial charge on any atom is 0.226 e. The first kappa shape index (κ1) is 10.5. The lowest BCUT2D eigenvalue weighted by molar-refractivity contribution is -0.132. The molecule has 3 heteroatoms. The maximum absolute atomic E-state index is 11.9. The fraction of sp³-hybridized carbons (Fsp3) is 0.909. The van der Waals surface area contributed by atoms with E-state index in [2.05, 4.69) is 15.9 Å². The highest BCUT2D eigenvalue weighted by Crippen LogP contribution is 2.57. The maximum atomic E-state index is 11.9. The second-order valence-electron chi connectivity index (χ2n) is 4.59. The van der Waals surface area contributed by atoms with Gasteiger partial charge in [-0.15, -0.1) is 0 Å². The molecule has 0 heterocycles. The van der Waals surface area contributed by atoms with Crippen molar-refractivity contribution in [2.24, 2.45) is 17.8 Å². The molecular formula is C11H18BrNO. The second kappa shape index (κ2) is 4.21. The van der Waals surface area contributed by atoms with E-state index in [-0.39, 0.29) is 0 Å². The standard InChI is InChI=1S/C11H18BrNO/c1-13(7-3-6-12)11(14)10-8-4-2-5-9(8)10/h8-10H,2-7H2,1H3. The summed E-state index contributed by atoms with van der Waals surface area (Å²) in [6.07, 6.45) is 5.01. The van der Waals surface area contributed by atoms with Gasteiger partial charge in [-0.1, -0.05) is 22.4 Å². The molecule has 14 heavy (non-hydrogen) atoms. The van der Waals surface area contributed by atoms with Gasteiger partial charge in [0.25, 0.3) is 0 Å². The van der Waals surface area contributed by atoms with Gasteiger partial charge in [-0.3, -0.25) is 4.79 Å². The largest absolute Gasteiger partial charge is 0.345 e. The first-order valence-corrected chi connectivity index (χ1v) is 6.69. The summed E-state index contributed by atoms with van der Waals surface area (Å²) in [5, 5.41) is 0.988. The zero-order valence-corrected chi connectivity index (χ0v) is 10.3. The lowest BCUT2D eigenvalue weighted by atomic mass is 10.1. The van der Waals surface area contributed by atoms with Crippen LogP contribution in [0.4, 0.5) is 0 Å².